The molecule has 1 nitrogen and oxygen atoms in total. The molecular formula is C53H41N. The summed E-state index contributed by atoms with van der Waals surface area (Å²) in [7, 11) is 0. The first-order valence-electron chi connectivity index (χ1n) is 18.8. The number of hydrogen-bond donors (Lipinski definition) is 0. The molecule has 54 heavy (non-hydrogen) atoms. The van der Waals surface area contributed by atoms with E-state index in [4.69, 9.17) is 0 Å². The molecule has 9 rings (SSSR count). The fourth-order valence-electron chi connectivity index (χ4n) is 8.39. The maximum absolute atomic E-state index is 2.43. The van der Waals surface area contributed by atoms with Crippen molar-refractivity contribution in [1.29, 1.82) is 0 Å². The summed E-state index contributed by atoms with van der Waals surface area (Å²) in [6.45, 7) is 4.72. The van der Waals surface area contributed by atoms with Crippen LogP contribution in [-0.4, -0.2) is 0 Å². The molecule has 258 valence electrons. The lowest BCUT2D eigenvalue weighted by Gasteiger charge is -2.32. The molecule has 0 aliphatic heterocycles. The predicted octanol–water partition coefficient (Wildman–Crippen LogP) is 14.1. The van der Waals surface area contributed by atoms with E-state index in [9.17, 15) is 0 Å². The lowest BCUT2D eigenvalue weighted by molar-refractivity contribution is 0.661. The van der Waals surface area contributed by atoms with Gasteiger partial charge in [-0.15, -0.1) is 0 Å². The maximum atomic E-state index is 2.43. The fourth-order valence-corrected chi connectivity index (χ4v) is 8.39. The van der Waals surface area contributed by atoms with E-state index in [1.807, 2.05) is 0 Å². The summed E-state index contributed by atoms with van der Waals surface area (Å²) in [5.41, 5.74) is 18.2. The Kier molecular flexibility index (Phi) is 8.61. The minimum absolute atomic E-state index is 0.141. The Morgan fingerprint density at radius 3 is 1.44 bits per heavy atom. The number of fused-ring (bicyclic) bond motifs is 3. The molecule has 0 unspecified atom stereocenters. The Morgan fingerprint density at radius 2 is 0.833 bits per heavy atom. The van der Waals surface area contributed by atoms with E-state index in [1.165, 1.54) is 72.5 Å². The van der Waals surface area contributed by atoms with E-state index >= 15 is 0 Å². The molecule has 0 fully saturated rings. The van der Waals surface area contributed by atoms with E-state index in [0.29, 0.717) is 0 Å². The predicted molar refractivity (Wildman–Crippen MR) is 228 cm³/mol. The third-order valence-electron chi connectivity index (χ3n) is 10.9. The average molecular weight is 692 g/mol. The van der Waals surface area contributed by atoms with E-state index in [-0.39, 0.29) is 5.41 Å². The lowest BCUT2D eigenvalue weighted by atomic mass is 9.81. The third-order valence-corrected chi connectivity index (χ3v) is 10.9. The maximum Gasteiger partial charge on any atom is 0.0508 e. The number of para-hydroxylation sites is 1. The highest BCUT2D eigenvalue weighted by atomic mass is 15.1. The molecule has 0 aromatic heterocycles. The molecule has 0 heterocycles. The van der Waals surface area contributed by atoms with E-state index in [1.54, 1.807) is 0 Å². The summed E-state index contributed by atoms with van der Waals surface area (Å²) in [4.78, 5) is 2.43. The smallest absolute Gasteiger partial charge is 0.0508 e. The van der Waals surface area contributed by atoms with Gasteiger partial charge in [0, 0.05) is 16.8 Å². The molecule has 0 amide bonds. The van der Waals surface area contributed by atoms with Crippen LogP contribution in [0.4, 0.5) is 17.1 Å². The highest BCUT2D eigenvalue weighted by molar-refractivity contribution is 6.05. The zero-order chi connectivity index (χ0) is 36.5. The second kappa shape index (κ2) is 14.0. The second-order valence-corrected chi connectivity index (χ2v) is 14.5. The minimum atomic E-state index is -0.141. The molecule has 1 heteroatoms. The van der Waals surface area contributed by atoms with Crippen molar-refractivity contribution < 1.29 is 0 Å². The Balaban J connectivity index is 1.16. The van der Waals surface area contributed by atoms with Gasteiger partial charge in [-0.05, 0) is 103 Å². The van der Waals surface area contributed by atoms with Crippen LogP contribution in [0.3, 0.4) is 0 Å². The van der Waals surface area contributed by atoms with Crippen molar-refractivity contribution in [2.75, 3.05) is 4.90 Å². The van der Waals surface area contributed by atoms with Crippen molar-refractivity contribution in [2.45, 2.75) is 19.3 Å². The first-order valence-corrected chi connectivity index (χ1v) is 18.8. The summed E-state index contributed by atoms with van der Waals surface area (Å²) in [5.74, 6) is 0. The van der Waals surface area contributed by atoms with Gasteiger partial charge in [0.1, 0.15) is 0 Å². The van der Waals surface area contributed by atoms with Crippen LogP contribution in [0.5, 0.6) is 0 Å². The first kappa shape index (κ1) is 33.2. The van der Waals surface area contributed by atoms with Crippen LogP contribution in [0.25, 0.3) is 33.4 Å². The molecule has 0 bridgehead atoms. The van der Waals surface area contributed by atoms with Crippen molar-refractivity contribution in [1.82, 2.24) is 0 Å². The molecule has 1 aliphatic rings. The summed E-state index contributed by atoms with van der Waals surface area (Å²) >= 11 is 0. The van der Waals surface area contributed by atoms with E-state index in [2.05, 4.69) is 231 Å². The van der Waals surface area contributed by atoms with Crippen LogP contribution in [0.1, 0.15) is 47.2 Å². The fraction of sp³-hybridized carbons (Fsp3) is 0.0566. The standard InChI is InChI=1S/C53H41N/c1-53(2)48-31-16-15-29-46(48)47-30-18-32-49(52(47)53)54(44-27-13-6-14-28-44)45-35-33-38(34-36-45)42-25-17-26-43(37-42)51(41-23-11-5-12-24-41)50(39-19-7-3-8-20-39)40-21-9-4-10-22-40/h3-37H,1-2H3. The van der Waals surface area contributed by atoms with Gasteiger partial charge in [0.2, 0.25) is 0 Å². The minimum Gasteiger partial charge on any atom is -0.310 e. The quantitative estimate of drug-likeness (QED) is 0.143. The Labute approximate surface area is 319 Å². The molecule has 0 saturated heterocycles. The highest BCUT2D eigenvalue weighted by Gasteiger charge is 2.38. The summed E-state index contributed by atoms with van der Waals surface area (Å²) in [5, 5.41) is 0. The second-order valence-electron chi connectivity index (χ2n) is 14.5. The zero-order valence-corrected chi connectivity index (χ0v) is 30.7. The van der Waals surface area contributed by atoms with Crippen LogP contribution >= 0.6 is 0 Å². The van der Waals surface area contributed by atoms with Crippen LogP contribution < -0.4 is 4.90 Å². The number of rotatable bonds is 8. The first-order chi connectivity index (χ1) is 26.6. The molecule has 8 aromatic rings. The number of anilines is 3. The van der Waals surface area contributed by atoms with Crippen molar-refractivity contribution in [3.63, 3.8) is 0 Å². The monoisotopic (exact) mass is 691 g/mol. The summed E-state index contributed by atoms with van der Waals surface area (Å²) in [6, 6.07) is 76.9. The molecule has 0 atom stereocenters. The molecule has 1 aliphatic carbocycles. The van der Waals surface area contributed by atoms with E-state index in [0.717, 1.165) is 11.4 Å². The van der Waals surface area contributed by atoms with Gasteiger partial charge in [0.25, 0.3) is 0 Å². The van der Waals surface area contributed by atoms with Crippen molar-refractivity contribution in [3.8, 4) is 22.3 Å². The van der Waals surface area contributed by atoms with Crippen LogP contribution in [0.2, 0.25) is 0 Å². The van der Waals surface area contributed by atoms with Gasteiger partial charge >= 0.3 is 0 Å². The zero-order valence-electron chi connectivity index (χ0n) is 30.7. The molecular weight excluding hydrogens is 651 g/mol. The lowest BCUT2D eigenvalue weighted by Crippen LogP contribution is -2.20. The van der Waals surface area contributed by atoms with Crippen molar-refractivity contribution >= 4 is 28.2 Å². The van der Waals surface area contributed by atoms with Gasteiger partial charge in [-0.1, -0.05) is 190 Å². The Bertz CT molecular complexity index is 2540. The molecule has 0 radical (unpaired) electrons. The number of benzene rings is 8. The van der Waals surface area contributed by atoms with Gasteiger partial charge in [0.05, 0.1) is 5.69 Å². The van der Waals surface area contributed by atoms with Crippen LogP contribution in [0.15, 0.2) is 212 Å². The summed E-state index contributed by atoms with van der Waals surface area (Å²) in [6.07, 6.45) is 0. The van der Waals surface area contributed by atoms with Gasteiger partial charge in [-0.25, -0.2) is 0 Å². The van der Waals surface area contributed by atoms with Gasteiger partial charge in [-0.3, -0.25) is 0 Å². The summed E-state index contributed by atoms with van der Waals surface area (Å²) < 4.78 is 0. The molecule has 0 N–H and O–H groups in total. The van der Waals surface area contributed by atoms with Crippen LogP contribution in [0, 0.1) is 0 Å². The van der Waals surface area contributed by atoms with Gasteiger partial charge < -0.3 is 4.90 Å². The topological polar surface area (TPSA) is 3.24 Å². The van der Waals surface area contributed by atoms with Crippen molar-refractivity contribution in [2.24, 2.45) is 0 Å². The SMILES string of the molecule is CC1(C)c2ccccc2-c2cccc(N(c3ccccc3)c3ccc(-c4cccc(C(=C(c5ccccc5)c5ccccc5)c5ccccc5)c4)cc3)c21. The van der Waals surface area contributed by atoms with E-state index < -0.39 is 0 Å². The number of hydrogen-bond acceptors (Lipinski definition) is 1. The number of nitrogens with zero attached hydrogens (tertiary/aromatic N) is 1. The molecule has 0 saturated carbocycles. The third kappa shape index (κ3) is 5.94. The van der Waals surface area contributed by atoms with Gasteiger partial charge in [-0.2, -0.15) is 0 Å². The van der Waals surface area contributed by atoms with Crippen LogP contribution in [-0.2, 0) is 5.41 Å². The molecule has 8 aromatic carbocycles. The normalized spacial score (nSPS) is 12.4. The Morgan fingerprint density at radius 1 is 0.370 bits per heavy atom. The highest BCUT2D eigenvalue weighted by Crippen LogP contribution is 2.54. The molecule has 0 spiro atoms. The van der Waals surface area contributed by atoms with Gasteiger partial charge in [0.15, 0.2) is 0 Å². The van der Waals surface area contributed by atoms with Crippen molar-refractivity contribution in [3.05, 3.63) is 246 Å². The average Bonchev–Trinajstić information content (AvgIpc) is 3.48. The largest absolute Gasteiger partial charge is 0.310 e. The Hall–Kier alpha value is -6.70.